The van der Waals surface area contributed by atoms with Crippen LogP contribution in [0.25, 0.3) is 0 Å². The Morgan fingerprint density at radius 1 is 1.10 bits per heavy atom. The number of anilines is 1. The number of hydrogen-bond acceptors (Lipinski definition) is 2. The highest BCUT2D eigenvalue weighted by atomic mass is 16.2. The zero-order valence-corrected chi connectivity index (χ0v) is 13.7. The number of aryl methyl sites for hydroxylation is 3. The summed E-state index contributed by atoms with van der Waals surface area (Å²) in [6.07, 6.45) is 1.23. The van der Waals surface area contributed by atoms with Crippen molar-refractivity contribution < 1.29 is 9.59 Å². The highest BCUT2D eigenvalue weighted by Crippen LogP contribution is 2.22. The molecule has 0 aliphatic heterocycles. The van der Waals surface area contributed by atoms with E-state index in [1.807, 2.05) is 27.7 Å². The Morgan fingerprint density at radius 3 is 2.14 bits per heavy atom. The molecule has 0 aliphatic rings. The van der Waals surface area contributed by atoms with E-state index < -0.39 is 0 Å². The van der Waals surface area contributed by atoms with Gasteiger partial charge in [0.05, 0.1) is 0 Å². The fraction of sp³-hybridized carbons (Fsp3) is 0.529. The van der Waals surface area contributed by atoms with Crippen molar-refractivity contribution >= 4 is 17.5 Å². The van der Waals surface area contributed by atoms with Crippen molar-refractivity contribution in [1.29, 1.82) is 0 Å². The van der Waals surface area contributed by atoms with Crippen molar-refractivity contribution in [1.82, 2.24) is 4.90 Å². The number of carbonyl (C=O) groups is 2. The summed E-state index contributed by atoms with van der Waals surface area (Å²) in [5.74, 6) is -0.0280. The number of benzene rings is 1. The summed E-state index contributed by atoms with van der Waals surface area (Å²) in [6, 6.07) is 4.11. The lowest BCUT2D eigenvalue weighted by atomic mass is 10.0. The molecule has 0 atom stereocenters. The van der Waals surface area contributed by atoms with Gasteiger partial charge in [0.2, 0.25) is 11.8 Å². The maximum atomic E-state index is 12.1. The molecule has 0 radical (unpaired) electrons. The molecule has 1 rings (SSSR count). The summed E-state index contributed by atoms with van der Waals surface area (Å²) in [4.78, 5) is 25.2. The molecule has 0 aromatic heterocycles. The SMILES string of the molecule is CCCN(CCC(=O)Nc1c(C)cc(C)cc1C)C(C)=O. The number of nitrogens with one attached hydrogen (secondary N) is 1. The van der Waals surface area contributed by atoms with Crippen molar-refractivity contribution in [3.63, 3.8) is 0 Å². The second-order valence-corrected chi connectivity index (χ2v) is 5.58. The van der Waals surface area contributed by atoms with Gasteiger partial charge in [-0.3, -0.25) is 9.59 Å². The summed E-state index contributed by atoms with van der Waals surface area (Å²) in [5, 5.41) is 2.97. The van der Waals surface area contributed by atoms with Crippen molar-refractivity contribution in [2.45, 2.75) is 47.5 Å². The van der Waals surface area contributed by atoms with E-state index in [1.165, 1.54) is 5.56 Å². The molecule has 0 saturated carbocycles. The molecule has 0 saturated heterocycles. The van der Waals surface area contributed by atoms with Gasteiger partial charge in [0, 0.05) is 32.1 Å². The first-order valence-corrected chi connectivity index (χ1v) is 7.48. The number of hydrogen-bond donors (Lipinski definition) is 1. The first-order valence-electron chi connectivity index (χ1n) is 7.48. The normalized spacial score (nSPS) is 10.3. The Morgan fingerprint density at radius 2 is 1.67 bits per heavy atom. The molecular formula is C17H26N2O2. The lowest BCUT2D eigenvalue weighted by Crippen LogP contribution is -2.32. The van der Waals surface area contributed by atoms with Crippen LogP contribution >= 0.6 is 0 Å². The van der Waals surface area contributed by atoms with Crippen molar-refractivity contribution in [2.75, 3.05) is 18.4 Å². The quantitative estimate of drug-likeness (QED) is 0.874. The number of rotatable bonds is 6. The average Bonchev–Trinajstić information content (AvgIpc) is 2.38. The van der Waals surface area contributed by atoms with Crippen LogP contribution in [0.4, 0.5) is 5.69 Å². The smallest absolute Gasteiger partial charge is 0.226 e. The van der Waals surface area contributed by atoms with Gasteiger partial charge in [-0.15, -0.1) is 0 Å². The molecule has 0 bridgehead atoms. The first-order chi connectivity index (χ1) is 9.85. The Kier molecular flexibility index (Phi) is 6.40. The zero-order valence-electron chi connectivity index (χ0n) is 13.7. The molecule has 4 heteroatoms. The van der Waals surface area contributed by atoms with E-state index in [2.05, 4.69) is 17.4 Å². The van der Waals surface area contributed by atoms with Crippen LogP contribution in [-0.2, 0) is 9.59 Å². The van der Waals surface area contributed by atoms with Gasteiger partial charge in [-0.2, -0.15) is 0 Å². The van der Waals surface area contributed by atoms with Crippen LogP contribution in [0.1, 0.15) is 43.4 Å². The summed E-state index contributed by atoms with van der Waals surface area (Å²) in [7, 11) is 0. The van der Waals surface area contributed by atoms with Crippen molar-refractivity contribution in [3.05, 3.63) is 28.8 Å². The Hall–Kier alpha value is -1.84. The van der Waals surface area contributed by atoms with E-state index in [1.54, 1.807) is 11.8 Å². The Labute approximate surface area is 127 Å². The third kappa shape index (κ3) is 5.21. The van der Waals surface area contributed by atoms with Crippen LogP contribution in [0.5, 0.6) is 0 Å². The minimum atomic E-state index is -0.0487. The minimum absolute atomic E-state index is 0.0207. The molecule has 0 fully saturated rings. The second-order valence-electron chi connectivity index (χ2n) is 5.58. The van der Waals surface area contributed by atoms with Gasteiger partial charge in [0.25, 0.3) is 0 Å². The fourth-order valence-electron chi connectivity index (χ4n) is 2.51. The summed E-state index contributed by atoms with van der Waals surface area (Å²) >= 11 is 0. The maximum Gasteiger partial charge on any atom is 0.226 e. The number of carbonyl (C=O) groups excluding carboxylic acids is 2. The molecule has 1 N–H and O–H groups in total. The molecule has 1 aromatic carbocycles. The molecule has 1 aromatic rings. The molecule has 0 aliphatic carbocycles. The molecule has 4 nitrogen and oxygen atoms in total. The van der Waals surface area contributed by atoms with E-state index in [0.717, 1.165) is 23.2 Å². The summed E-state index contributed by atoms with van der Waals surface area (Å²) in [5.41, 5.74) is 4.21. The molecule has 0 heterocycles. The topological polar surface area (TPSA) is 49.4 Å². The van der Waals surface area contributed by atoms with E-state index in [0.29, 0.717) is 19.5 Å². The zero-order chi connectivity index (χ0) is 16.0. The number of nitrogens with zero attached hydrogens (tertiary/aromatic N) is 1. The first kappa shape index (κ1) is 17.2. The van der Waals surface area contributed by atoms with Gasteiger partial charge in [0.1, 0.15) is 0 Å². The standard InChI is InChI=1S/C17H26N2O2/c1-6-8-19(15(5)20)9-7-16(21)18-17-13(3)10-12(2)11-14(17)4/h10-11H,6-9H2,1-5H3,(H,18,21). The molecule has 21 heavy (non-hydrogen) atoms. The predicted octanol–water partition coefficient (Wildman–Crippen LogP) is 3.20. The van der Waals surface area contributed by atoms with E-state index in [-0.39, 0.29) is 11.8 Å². The van der Waals surface area contributed by atoms with Crippen LogP contribution in [0.2, 0.25) is 0 Å². The maximum absolute atomic E-state index is 12.1. The highest BCUT2D eigenvalue weighted by molar-refractivity contribution is 5.92. The summed E-state index contributed by atoms with van der Waals surface area (Å²) in [6.45, 7) is 10.8. The Balaban J connectivity index is 2.64. The van der Waals surface area contributed by atoms with E-state index in [9.17, 15) is 9.59 Å². The van der Waals surface area contributed by atoms with Crippen LogP contribution in [0.15, 0.2) is 12.1 Å². The lowest BCUT2D eigenvalue weighted by Gasteiger charge is -2.20. The average molecular weight is 290 g/mol. The van der Waals surface area contributed by atoms with Gasteiger partial charge in [-0.1, -0.05) is 24.6 Å². The monoisotopic (exact) mass is 290 g/mol. The van der Waals surface area contributed by atoms with Gasteiger partial charge in [-0.05, 0) is 38.3 Å². The van der Waals surface area contributed by atoms with Crippen LogP contribution in [-0.4, -0.2) is 29.8 Å². The second kappa shape index (κ2) is 7.81. The molecule has 2 amide bonds. The van der Waals surface area contributed by atoms with Gasteiger partial charge in [-0.25, -0.2) is 0 Å². The number of amides is 2. The molecule has 116 valence electrons. The molecule has 0 spiro atoms. The third-order valence-electron chi connectivity index (χ3n) is 3.49. The van der Waals surface area contributed by atoms with Crippen molar-refractivity contribution in [2.24, 2.45) is 0 Å². The predicted molar refractivity (Wildman–Crippen MR) is 86.4 cm³/mol. The van der Waals surface area contributed by atoms with Gasteiger partial charge >= 0.3 is 0 Å². The van der Waals surface area contributed by atoms with Crippen LogP contribution < -0.4 is 5.32 Å². The fourth-order valence-corrected chi connectivity index (χ4v) is 2.51. The van der Waals surface area contributed by atoms with E-state index in [4.69, 9.17) is 0 Å². The Bertz CT molecular complexity index is 501. The van der Waals surface area contributed by atoms with Gasteiger partial charge in [0.15, 0.2) is 0 Å². The summed E-state index contributed by atoms with van der Waals surface area (Å²) < 4.78 is 0. The largest absolute Gasteiger partial charge is 0.342 e. The van der Waals surface area contributed by atoms with Crippen molar-refractivity contribution in [3.8, 4) is 0 Å². The van der Waals surface area contributed by atoms with Crippen LogP contribution in [0.3, 0.4) is 0 Å². The molecule has 0 unspecified atom stereocenters. The lowest BCUT2D eigenvalue weighted by molar-refractivity contribution is -0.129. The molecular weight excluding hydrogens is 264 g/mol. The highest BCUT2D eigenvalue weighted by Gasteiger charge is 2.12. The third-order valence-corrected chi connectivity index (χ3v) is 3.49. The van der Waals surface area contributed by atoms with Gasteiger partial charge < -0.3 is 10.2 Å². The van der Waals surface area contributed by atoms with E-state index >= 15 is 0 Å². The minimum Gasteiger partial charge on any atom is -0.342 e. The van der Waals surface area contributed by atoms with Crippen LogP contribution in [0, 0.1) is 20.8 Å².